The third-order valence-corrected chi connectivity index (χ3v) is 7.51. The standard InChI is InChI=1S/C31H22Br2ClN3O4/c1-17-8-10-25-22(12-17)27(18-6-4-3-5-7-18)28(36-25)30(38)37-35-16-19-13-20(32)14-24(33)29(19)41-31(39)23-15-21(34)9-11-26(23)40-2/h3-16,36H,1-2H3,(H,37,38). The van der Waals surface area contributed by atoms with Crippen LogP contribution in [0.25, 0.3) is 22.0 Å². The van der Waals surface area contributed by atoms with Gasteiger partial charge in [-0.15, -0.1) is 0 Å². The Hall–Kier alpha value is -3.92. The predicted octanol–water partition coefficient (Wildman–Crippen LogP) is 8.31. The van der Waals surface area contributed by atoms with Crippen LogP contribution in [0, 0.1) is 6.92 Å². The number of fused-ring (bicyclic) bond motifs is 1. The van der Waals surface area contributed by atoms with E-state index in [0.717, 1.165) is 27.6 Å². The lowest BCUT2D eigenvalue weighted by Gasteiger charge is -2.12. The van der Waals surface area contributed by atoms with Gasteiger partial charge in [0.25, 0.3) is 5.91 Å². The Morgan fingerprint density at radius 2 is 1.78 bits per heavy atom. The number of amides is 1. The van der Waals surface area contributed by atoms with E-state index in [2.05, 4.69) is 47.4 Å². The zero-order chi connectivity index (χ0) is 29.1. The number of aryl methyl sites for hydroxylation is 1. The molecule has 0 aliphatic heterocycles. The maximum Gasteiger partial charge on any atom is 0.347 e. The first-order valence-electron chi connectivity index (χ1n) is 12.3. The summed E-state index contributed by atoms with van der Waals surface area (Å²) in [6.07, 6.45) is 1.40. The first-order valence-corrected chi connectivity index (χ1v) is 14.3. The maximum atomic E-state index is 13.4. The molecule has 0 aliphatic rings. The summed E-state index contributed by atoms with van der Waals surface area (Å²) in [6, 6.07) is 23.8. The van der Waals surface area contributed by atoms with Crippen molar-refractivity contribution in [3.8, 4) is 22.6 Å². The molecule has 0 radical (unpaired) electrons. The molecule has 1 aromatic heterocycles. The van der Waals surface area contributed by atoms with Crippen LogP contribution >= 0.6 is 43.5 Å². The van der Waals surface area contributed by atoms with E-state index in [0.29, 0.717) is 31.0 Å². The second-order valence-corrected chi connectivity index (χ2v) is 11.2. The number of methoxy groups -OCH3 is 1. The summed E-state index contributed by atoms with van der Waals surface area (Å²) in [5, 5.41) is 5.49. The Morgan fingerprint density at radius 1 is 1.00 bits per heavy atom. The van der Waals surface area contributed by atoms with Crippen LogP contribution in [-0.2, 0) is 0 Å². The number of hydrogen-bond donors (Lipinski definition) is 2. The highest BCUT2D eigenvalue weighted by Crippen LogP contribution is 2.35. The fraction of sp³-hybridized carbons (Fsp3) is 0.0645. The smallest absolute Gasteiger partial charge is 0.347 e. The number of aromatic nitrogens is 1. The molecular weight excluding hydrogens is 674 g/mol. The van der Waals surface area contributed by atoms with E-state index in [1.54, 1.807) is 24.3 Å². The van der Waals surface area contributed by atoms with Crippen LogP contribution in [0.2, 0.25) is 5.02 Å². The monoisotopic (exact) mass is 693 g/mol. The maximum absolute atomic E-state index is 13.4. The van der Waals surface area contributed by atoms with Gasteiger partial charge in [0.15, 0.2) is 5.75 Å². The number of hydrazone groups is 1. The van der Waals surface area contributed by atoms with E-state index in [1.807, 2.05) is 55.5 Å². The molecule has 0 unspecified atom stereocenters. The molecule has 4 aromatic carbocycles. The third kappa shape index (κ3) is 6.22. The number of benzene rings is 4. The van der Waals surface area contributed by atoms with E-state index in [9.17, 15) is 9.59 Å². The fourth-order valence-electron chi connectivity index (χ4n) is 4.37. The number of H-pyrrole nitrogens is 1. The summed E-state index contributed by atoms with van der Waals surface area (Å²) < 4.78 is 12.2. The molecule has 5 rings (SSSR count). The fourth-order valence-corrected chi connectivity index (χ4v) is 5.88. The number of nitrogens with one attached hydrogen (secondary N) is 2. The highest BCUT2D eigenvalue weighted by atomic mass is 79.9. The van der Waals surface area contributed by atoms with Crippen molar-refractivity contribution in [1.82, 2.24) is 10.4 Å². The molecule has 0 aliphatic carbocycles. The molecule has 206 valence electrons. The quantitative estimate of drug-likeness (QED) is 0.0776. The normalized spacial score (nSPS) is 11.1. The molecule has 1 heterocycles. The van der Waals surface area contributed by atoms with E-state index < -0.39 is 11.9 Å². The second-order valence-electron chi connectivity index (χ2n) is 9.03. The van der Waals surface area contributed by atoms with Gasteiger partial charge in [0.2, 0.25) is 0 Å². The van der Waals surface area contributed by atoms with Gasteiger partial charge in [-0.25, -0.2) is 10.2 Å². The molecule has 0 saturated heterocycles. The van der Waals surface area contributed by atoms with Gasteiger partial charge in [-0.3, -0.25) is 4.79 Å². The highest BCUT2D eigenvalue weighted by Gasteiger charge is 2.21. The lowest BCUT2D eigenvalue weighted by Crippen LogP contribution is -2.19. The number of nitrogens with zero attached hydrogens (tertiary/aromatic N) is 1. The van der Waals surface area contributed by atoms with Crippen molar-refractivity contribution in [3.05, 3.63) is 115 Å². The summed E-state index contributed by atoms with van der Waals surface area (Å²) in [7, 11) is 1.45. The van der Waals surface area contributed by atoms with Crippen LogP contribution in [-0.4, -0.2) is 30.2 Å². The summed E-state index contributed by atoms with van der Waals surface area (Å²) in [5.41, 5.74) is 7.17. The van der Waals surface area contributed by atoms with Crippen molar-refractivity contribution in [3.63, 3.8) is 0 Å². The molecule has 0 bridgehead atoms. The molecule has 0 fully saturated rings. The van der Waals surface area contributed by atoms with Gasteiger partial charge in [-0.1, -0.05) is 69.5 Å². The van der Waals surface area contributed by atoms with Gasteiger partial charge in [0, 0.05) is 31.5 Å². The summed E-state index contributed by atoms with van der Waals surface area (Å²) in [4.78, 5) is 29.7. The van der Waals surface area contributed by atoms with Crippen LogP contribution in [0.1, 0.15) is 32.0 Å². The number of esters is 1. The molecule has 10 heteroatoms. The molecule has 7 nitrogen and oxygen atoms in total. The number of halogens is 3. The average molecular weight is 696 g/mol. The Kier molecular flexibility index (Phi) is 8.58. The Balaban J connectivity index is 1.45. The van der Waals surface area contributed by atoms with Crippen LogP contribution in [0.3, 0.4) is 0 Å². The SMILES string of the molecule is COc1ccc(Cl)cc1C(=O)Oc1c(Br)cc(Br)cc1C=NNC(=O)c1[nH]c2ccc(C)cc2c1-c1ccccc1. The predicted molar refractivity (Wildman–Crippen MR) is 168 cm³/mol. The van der Waals surface area contributed by atoms with Crippen molar-refractivity contribution in [2.24, 2.45) is 5.10 Å². The van der Waals surface area contributed by atoms with Gasteiger partial charge >= 0.3 is 5.97 Å². The van der Waals surface area contributed by atoms with Crippen molar-refractivity contribution in [2.45, 2.75) is 6.92 Å². The zero-order valence-electron chi connectivity index (χ0n) is 21.8. The highest BCUT2D eigenvalue weighted by molar-refractivity contribution is 9.11. The van der Waals surface area contributed by atoms with Crippen molar-refractivity contribution < 1.29 is 19.1 Å². The van der Waals surface area contributed by atoms with E-state index >= 15 is 0 Å². The molecule has 0 atom stereocenters. The number of rotatable bonds is 7. The number of ether oxygens (including phenoxy) is 2. The van der Waals surface area contributed by atoms with Crippen LogP contribution in [0.15, 0.2) is 92.9 Å². The van der Waals surface area contributed by atoms with E-state index in [1.165, 1.54) is 19.4 Å². The average Bonchev–Trinajstić information content (AvgIpc) is 3.33. The molecule has 2 N–H and O–H groups in total. The minimum absolute atomic E-state index is 0.161. The van der Waals surface area contributed by atoms with Gasteiger partial charge in [-0.2, -0.15) is 5.10 Å². The number of aromatic amines is 1. The first kappa shape index (κ1) is 28.6. The Morgan fingerprint density at radius 3 is 2.54 bits per heavy atom. The lowest BCUT2D eigenvalue weighted by molar-refractivity contribution is 0.0729. The summed E-state index contributed by atoms with van der Waals surface area (Å²) in [6.45, 7) is 2.01. The zero-order valence-corrected chi connectivity index (χ0v) is 25.7. The molecule has 0 spiro atoms. The van der Waals surface area contributed by atoms with Gasteiger partial charge in [0.05, 0.1) is 17.8 Å². The van der Waals surface area contributed by atoms with Crippen molar-refractivity contribution in [1.29, 1.82) is 0 Å². The largest absolute Gasteiger partial charge is 0.496 e. The second kappa shape index (κ2) is 12.3. The van der Waals surface area contributed by atoms with Crippen molar-refractivity contribution >= 4 is 72.5 Å². The van der Waals surface area contributed by atoms with Crippen LogP contribution in [0.5, 0.6) is 11.5 Å². The number of carbonyl (C=O) groups is 2. The Labute approximate surface area is 257 Å². The molecular formula is C31H22Br2ClN3O4. The first-order chi connectivity index (χ1) is 19.7. The molecule has 1 amide bonds. The third-order valence-electron chi connectivity index (χ3n) is 6.23. The summed E-state index contributed by atoms with van der Waals surface area (Å²) >= 11 is 13.0. The van der Waals surface area contributed by atoms with Crippen LogP contribution in [0.4, 0.5) is 0 Å². The minimum Gasteiger partial charge on any atom is -0.496 e. The lowest BCUT2D eigenvalue weighted by atomic mass is 10.0. The molecule has 41 heavy (non-hydrogen) atoms. The van der Waals surface area contributed by atoms with E-state index in [-0.39, 0.29) is 11.3 Å². The van der Waals surface area contributed by atoms with Gasteiger partial charge < -0.3 is 14.5 Å². The summed E-state index contributed by atoms with van der Waals surface area (Å²) in [5.74, 6) is -0.584. The Bertz CT molecular complexity index is 1820. The number of hydrogen-bond acceptors (Lipinski definition) is 5. The number of carbonyl (C=O) groups excluding carboxylic acids is 2. The molecule has 0 saturated carbocycles. The minimum atomic E-state index is -0.674. The molecule has 5 aromatic rings. The van der Waals surface area contributed by atoms with Gasteiger partial charge in [0.1, 0.15) is 17.0 Å². The van der Waals surface area contributed by atoms with Crippen LogP contribution < -0.4 is 14.9 Å². The van der Waals surface area contributed by atoms with E-state index in [4.69, 9.17) is 21.1 Å². The topological polar surface area (TPSA) is 92.8 Å². The van der Waals surface area contributed by atoms with Crippen molar-refractivity contribution in [2.75, 3.05) is 7.11 Å². The van der Waals surface area contributed by atoms with Gasteiger partial charge in [-0.05, 0) is 70.9 Å².